The van der Waals surface area contributed by atoms with Gasteiger partial charge >= 0.3 is 0 Å². The van der Waals surface area contributed by atoms with Crippen LogP contribution in [0.5, 0.6) is 0 Å². The highest BCUT2D eigenvalue weighted by atomic mass is 32.2. The second kappa shape index (κ2) is 12.4. The van der Waals surface area contributed by atoms with E-state index < -0.39 is 22.6 Å². The number of nitrogens with zero attached hydrogens (tertiary/aromatic N) is 3. The molecular weight excluding hydrogens is 486 g/mol. The SMILES string of the molecule is C=CCN(C)C(=O)[C@@H]1[C@H]2C(=O)N(CCCCCCO)C(C(=O)N(CC=C)C(C)CCC)C23CC[C@@]1(C)S3. The van der Waals surface area contributed by atoms with Crippen LogP contribution in [0.3, 0.4) is 0 Å². The molecule has 3 aliphatic rings. The summed E-state index contributed by atoms with van der Waals surface area (Å²) in [6.07, 6.45) is 10.2. The van der Waals surface area contributed by atoms with Gasteiger partial charge in [-0.2, -0.15) is 0 Å². The number of hydrogen-bond acceptors (Lipinski definition) is 5. The first-order valence-corrected chi connectivity index (χ1v) is 14.8. The molecule has 0 saturated carbocycles. The van der Waals surface area contributed by atoms with Crippen molar-refractivity contribution in [2.75, 3.05) is 33.3 Å². The van der Waals surface area contributed by atoms with Crippen molar-refractivity contribution in [1.82, 2.24) is 14.7 Å². The Morgan fingerprint density at radius 1 is 1.16 bits per heavy atom. The van der Waals surface area contributed by atoms with Crippen molar-refractivity contribution in [1.29, 1.82) is 0 Å². The molecule has 3 rings (SSSR count). The zero-order valence-corrected chi connectivity index (χ0v) is 24.1. The molecule has 6 atom stereocenters. The molecule has 208 valence electrons. The molecule has 0 aromatic rings. The zero-order valence-electron chi connectivity index (χ0n) is 23.3. The minimum Gasteiger partial charge on any atom is -0.396 e. The predicted molar refractivity (Wildman–Crippen MR) is 150 cm³/mol. The van der Waals surface area contributed by atoms with Crippen LogP contribution in [0, 0.1) is 11.8 Å². The summed E-state index contributed by atoms with van der Waals surface area (Å²) in [5, 5.41) is 9.14. The summed E-state index contributed by atoms with van der Waals surface area (Å²) in [4.78, 5) is 47.7. The van der Waals surface area contributed by atoms with Crippen LogP contribution >= 0.6 is 11.8 Å². The maximum Gasteiger partial charge on any atom is 0.247 e. The molecule has 3 saturated heterocycles. The second-order valence-electron chi connectivity index (χ2n) is 11.3. The Balaban J connectivity index is 2.01. The number of carbonyl (C=O) groups is 3. The molecule has 0 aromatic carbocycles. The topological polar surface area (TPSA) is 81.2 Å². The summed E-state index contributed by atoms with van der Waals surface area (Å²) in [6.45, 7) is 15.5. The van der Waals surface area contributed by atoms with Gasteiger partial charge in [-0.25, -0.2) is 0 Å². The van der Waals surface area contributed by atoms with Gasteiger partial charge < -0.3 is 19.8 Å². The van der Waals surface area contributed by atoms with Crippen molar-refractivity contribution in [2.45, 2.75) is 93.7 Å². The molecule has 8 heteroatoms. The van der Waals surface area contributed by atoms with Crippen molar-refractivity contribution < 1.29 is 19.5 Å². The highest BCUT2D eigenvalue weighted by molar-refractivity contribution is 8.02. The quantitative estimate of drug-likeness (QED) is 0.255. The fourth-order valence-electron chi connectivity index (χ4n) is 6.95. The van der Waals surface area contributed by atoms with E-state index >= 15 is 0 Å². The second-order valence-corrected chi connectivity index (χ2v) is 13.2. The number of amides is 3. The minimum absolute atomic E-state index is 0.00338. The van der Waals surface area contributed by atoms with E-state index in [0.29, 0.717) is 19.6 Å². The summed E-state index contributed by atoms with van der Waals surface area (Å²) < 4.78 is -0.953. The number of likely N-dealkylation sites (tertiary alicyclic amines) is 1. The van der Waals surface area contributed by atoms with Gasteiger partial charge in [0.05, 0.1) is 16.6 Å². The maximum atomic E-state index is 14.4. The van der Waals surface area contributed by atoms with Crippen LogP contribution in [0.1, 0.15) is 72.1 Å². The first-order valence-electron chi connectivity index (χ1n) is 14.0. The molecule has 2 bridgehead atoms. The Hall–Kier alpha value is -1.80. The lowest BCUT2D eigenvalue weighted by molar-refractivity contribution is -0.145. The number of aliphatic hydroxyl groups is 1. The number of likely N-dealkylation sites (N-methyl/N-ethyl adjacent to an activating group) is 1. The fourth-order valence-corrected chi connectivity index (χ4v) is 9.29. The third-order valence-corrected chi connectivity index (χ3v) is 10.7. The van der Waals surface area contributed by atoms with Crippen LogP contribution in [0.4, 0.5) is 0 Å². The smallest absolute Gasteiger partial charge is 0.247 e. The van der Waals surface area contributed by atoms with Crippen LogP contribution in [0.15, 0.2) is 25.3 Å². The average Bonchev–Trinajstić information content (AvgIpc) is 3.42. The molecule has 7 nitrogen and oxygen atoms in total. The van der Waals surface area contributed by atoms with Crippen molar-refractivity contribution in [2.24, 2.45) is 11.8 Å². The Morgan fingerprint density at radius 2 is 1.84 bits per heavy atom. The summed E-state index contributed by atoms with van der Waals surface area (Å²) in [5.74, 6) is -0.998. The van der Waals surface area contributed by atoms with Crippen molar-refractivity contribution in [3.63, 3.8) is 0 Å². The summed E-state index contributed by atoms with van der Waals surface area (Å²) in [6, 6.07) is -0.528. The van der Waals surface area contributed by atoms with Crippen LogP contribution in [-0.4, -0.2) is 92.4 Å². The van der Waals surface area contributed by atoms with E-state index in [2.05, 4.69) is 33.9 Å². The molecule has 1 N–H and O–H groups in total. The molecule has 3 amide bonds. The Labute approximate surface area is 227 Å². The number of hydrogen-bond donors (Lipinski definition) is 1. The van der Waals surface area contributed by atoms with Crippen molar-refractivity contribution in [3.05, 3.63) is 25.3 Å². The first kappa shape index (κ1) is 29.8. The van der Waals surface area contributed by atoms with E-state index in [9.17, 15) is 14.4 Å². The third-order valence-electron chi connectivity index (χ3n) is 8.71. The van der Waals surface area contributed by atoms with E-state index in [4.69, 9.17) is 5.11 Å². The van der Waals surface area contributed by atoms with Crippen LogP contribution in [0.25, 0.3) is 0 Å². The van der Waals surface area contributed by atoms with E-state index in [1.807, 2.05) is 9.80 Å². The molecule has 37 heavy (non-hydrogen) atoms. The summed E-state index contributed by atoms with van der Waals surface area (Å²) in [7, 11) is 1.77. The van der Waals surface area contributed by atoms with Crippen LogP contribution in [0.2, 0.25) is 0 Å². The molecule has 3 aliphatic heterocycles. The van der Waals surface area contributed by atoms with Crippen LogP contribution in [-0.2, 0) is 14.4 Å². The molecule has 3 heterocycles. The largest absolute Gasteiger partial charge is 0.396 e. The van der Waals surface area contributed by atoms with E-state index in [1.165, 1.54) is 0 Å². The average molecular weight is 534 g/mol. The zero-order chi connectivity index (χ0) is 27.4. The molecule has 1 spiro atoms. The molecule has 0 aromatic heterocycles. The number of carbonyl (C=O) groups excluding carboxylic acids is 3. The van der Waals surface area contributed by atoms with Gasteiger partial charge in [-0.1, -0.05) is 38.3 Å². The maximum absolute atomic E-state index is 14.4. The summed E-state index contributed by atoms with van der Waals surface area (Å²) >= 11 is 1.73. The molecule has 0 aliphatic carbocycles. The van der Waals surface area contributed by atoms with Gasteiger partial charge in [0, 0.05) is 44.1 Å². The number of fused-ring (bicyclic) bond motifs is 1. The molecule has 3 unspecified atom stereocenters. The third kappa shape index (κ3) is 5.38. The normalized spacial score (nSPS) is 30.8. The number of rotatable bonds is 15. The van der Waals surface area contributed by atoms with E-state index in [-0.39, 0.29) is 35.1 Å². The molecule has 3 fully saturated rings. The lowest BCUT2D eigenvalue weighted by atomic mass is 9.66. The standard InChI is InChI=1S/C29H47N3O4S/c1-7-14-21(4)31(18-9-3)27(36)24-29-16-15-28(5,37-29)22(25(34)30(6)17-8-2)23(29)26(35)32(24)19-12-10-11-13-20-33/h8-9,21-24,33H,2-3,7,10-20H2,1,4-6H3/t21?,22-,23-,24?,28+,29?/m0/s1. The molecular formula is C29H47N3O4S. The first-order chi connectivity index (χ1) is 17.6. The highest BCUT2D eigenvalue weighted by Gasteiger charge is 2.77. The highest BCUT2D eigenvalue weighted by Crippen LogP contribution is 2.71. The van der Waals surface area contributed by atoms with E-state index in [0.717, 1.165) is 51.4 Å². The Bertz CT molecular complexity index is 881. The number of aliphatic hydroxyl groups excluding tert-OH is 1. The van der Waals surface area contributed by atoms with Gasteiger partial charge in [-0.05, 0) is 46.0 Å². The fraction of sp³-hybridized carbons (Fsp3) is 0.759. The predicted octanol–water partition coefficient (Wildman–Crippen LogP) is 3.87. The lowest BCUT2D eigenvalue weighted by Gasteiger charge is -2.39. The van der Waals surface area contributed by atoms with Gasteiger partial charge in [0.25, 0.3) is 0 Å². The monoisotopic (exact) mass is 533 g/mol. The van der Waals surface area contributed by atoms with Gasteiger partial charge in [-0.15, -0.1) is 24.9 Å². The van der Waals surface area contributed by atoms with Gasteiger partial charge in [0.2, 0.25) is 17.7 Å². The van der Waals surface area contributed by atoms with E-state index in [1.54, 1.807) is 35.9 Å². The number of thioether (sulfide) groups is 1. The van der Waals surface area contributed by atoms with Gasteiger partial charge in [0.1, 0.15) is 6.04 Å². The molecule has 0 radical (unpaired) electrons. The van der Waals surface area contributed by atoms with Gasteiger partial charge in [0.15, 0.2) is 0 Å². The van der Waals surface area contributed by atoms with Crippen molar-refractivity contribution in [3.8, 4) is 0 Å². The van der Waals surface area contributed by atoms with Crippen molar-refractivity contribution >= 4 is 29.5 Å². The Kier molecular flexibility index (Phi) is 9.95. The Morgan fingerprint density at radius 3 is 2.46 bits per heavy atom. The summed E-state index contributed by atoms with van der Waals surface area (Å²) in [5.41, 5.74) is 0. The minimum atomic E-state index is -0.589. The van der Waals surface area contributed by atoms with Crippen LogP contribution < -0.4 is 0 Å². The number of unbranched alkanes of at least 4 members (excludes halogenated alkanes) is 3. The lowest BCUT2D eigenvalue weighted by Crippen LogP contribution is -2.56. The van der Waals surface area contributed by atoms with Gasteiger partial charge in [-0.3, -0.25) is 14.4 Å².